The minimum Gasteiger partial charge on any atom is -0.397 e. The van der Waals surface area contributed by atoms with E-state index in [1.54, 1.807) is 12.3 Å². The van der Waals surface area contributed by atoms with E-state index < -0.39 is 0 Å². The molecule has 7 heteroatoms. The molecule has 0 aliphatic rings. The topological polar surface area (TPSA) is 85.8 Å². The third-order valence-corrected chi connectivity index (χ3v) is 2.89. The van der Waals surface area contributed by atoms with Crippen LogP contribution in [0.3, 0.4) is 0 Å². The van der Waals surface area contributed by atoms with E-state index in [9.17, 15) is 4.79 Å². The Kier molecular flexibility index (Phi) is 4.16. The number of aryl methyl sites for hydroxylation is 1. The first-order valence-corrected chi connectivity index (χ1v) is 6.64. The van der Waals surface area contributed by atoms with Gasteiger partial charge in [-0.05, 0) is 28.4 Å². The molecule has 6 nitrogen and oxygen atoms in total. The predicted octanol–water partition coefficient (Wildman–Crippen LogP) is 2.29. The normalized spacial score (nSPS) is 10.4. The van der Waals surface area contributed by atoms with E-state index in [4.69, 9.17) is 5.73 Å². The van der Waals surface area contributed by atoms with Crippen LogP contribution >= 0.6 is 15.9 Å². The lowest BCUT2D eigenvalue weighted by Gasteiger charge is -2.07. The van der Waals surface area contributed by atoms with Crippen LogP contribution in [0.1, 0.15) is 23.8 Å². The van der Waals surface area contributed by atoms with Crippen LogP contribution in [0.15, 0.2) is 29.3 Å². The molecule has 2 aromatic rings. The monoisotopic (exact) mass is 323 g/mol. The summed E-state index contributed by atoms with van der Waals surface area (Å²) in [6.45, 7) is 2.78. The second kappa shape index (κ2) is 5.83. The Morgan fingerprint density at radius 2 is 2.26 bits per heavy atom. The lowest BCUT2D eigenvalue weighted by molar-refractivity contribution is 0.101. The lowest BCUT2D eigenvalue weighted by atomic mass is 10.3. The summed E-state index contributed by atoms with van der Waals surface area (Å²) in [5.74, 6) is 0.151. The van der Waals surface area contributed by atoms with Crippen molar-refractivity contribution < 1.29 is 4.79 Å². The number of nitrogens with zero attached hydrogens (tertiary/aromatic N) is 3. The first-order chi connectivity index (χ1) is 9.10. The fourth-order valence-electron chi connectivity index (χ4n) is 1.71. The molecule has 0 fully saturated rings. The van der Waals surface area contributed by atoms with Gasteiger partial charge in [-0.2, -0.15) is 0 Å². The molecule has 0 aliphatic heterocycles. The first-order valence-electron chi connectivity index (χ1n) is 5.84. The summed E-state index contributed by atoms with van der Waals surface area (Å²) >= 11 is 3.19. The number of amides is 1. The van der Waals surface area contributed by atoms with Crippen molar-refractivity contribution in [2.24, 2.45) is 0 Å². The van der Waals surface area contributed by atoms with E-state index in [0.29, 0.717) is 21.8 Å². The molecule has 0 bridgehead atoms. The Morgan fingerprint density at radius 3 is 2.89 bits per heavy atom. The standard InChI is InChI=1S/C12H14BrN5O/c1-2-3-18-7-8(14)4-9(18)12(19)17-11-6-15-10(13)5-16-11/h4-7H,2-3,14H2,1H3,(H,16,17,19). The Morgan fingerprint density at radius 1 is 1.47 bits per heavy atom. The SMILES string of the molecule is CCCn1cc(N)cc1C(=O)Nc1cnc(Br)cn1. The van der Waals surface area contributed by atoms with Gasteiger partial charge in [0, 0.05) is 12.7 Å². The van der Waals surface area contributed by atoms with Crippen molar-refractivity contribution in [2.45, 2.75) is 19.9 Å². The van der Waals surface area contributed by atoms with Gasteiger partial charge in [-0.25, -0.2) is 9.97 Å². The molecule has 3 N–H and O–H groups in total. The van der Waals surface area contributed by atoms with Crippen LogP contribution < -0.4 is 11.1 Å². The molecule has 1 amide bonds. The number of hydrogen-bond acceptors (Lipinski definition) is 4. The van der Waals surface area contributed by atoms with Crippen molar-refractivity contribution in [3.05, 3.63) is 35.0 Å². The van der Waals surface area contributed by atoms with Crippen LogP contribution in [0.25, 0.3) is 0 Å². The van der Waals surface area contributed by atoms with Gasteiger partial charge in [0.1, 0.15) is 10.3 Å². The molecule has 0 radical (unpaired) electrons. The van der Waals surface area contributed by atoms with Gasteiger partial charge in [-0.1, -0.05) is 6.92 Å². The Balaban J connectivity index is 2.17. The number of nitrogens with two attached hydrogens (primary N) is 1. The molecule has 0 aromatic carbocycles. The minimum atomic E-state index is -0.248. The lowest BCUT2D eigenvalue weighted by Crippen LogP contribution is -2.17. The van der Waals surface area contributed by atoms with Crippen molar-refractivity contribution >= 4 is 33.3 Å². The number of nitrogens with one attached hydrogen (secondary N) is 1. The van der Waals surface area contributed by atoms with E-state index in [1.165, 1.54) is 12.4 Å². The van der Waals surface area contributed by atoms with Crippen LogP contribution in [0.2, 0.25) is 0 Å². The van der Waals surface area contributed by atoms with Crippen molar-refractivity contribution in [3.63, 3.8) is 0 Å². The van der Waals surface area contributed by atoms with Gasteiger partial charge in [0.05, 0.1) is 18.1 Å². The second-order valence-electron chi connectivity index (χ2n) is 4.03. The fourth-order valence-corrected chi connectivity index (χ4v) is 1.91. The molecular weight excluding hydrogens is 310 g/mol. The van der Waals surface area contributed by atoms with Crippen molar-refractivity contribution in [2.75, 3.05) is 11.1 Å². The molecule has 2 aromatic heterocycles. The summed E-state index contributed by atoms with van der Waals surface area (Å²) in [5.41, 5.74) is 6.81. The summed E-state index contributed by atoms with van der Waals surface area (Å²) < 4.78 is 2.45. The highest BCUT2D eigenvalue weighted by Crippen LogP contribution is 2.14. The maximum absolute atomic E-state index is 12.1. The quantitative estimate of drug-likeness (QED) is 0.903. The maximum Gasteiger partial charge on any atom is 0.273 e. The zero-order chi connectivity index (χ0) is 13.8. The van der Waals surface area contributed by atoms with Gasteiger partial charge in [-0.15, -0.1) is 0 Å². The Hall–Kier alpha value is -1.89. The average Bonchev–Trinajstić information content (AvgIpc) is 2.74. The number of anilines is 2. The smallest absolute Gasteiger partial charge is 0.273 e. The molecule has 19 heavy (non-hydrogen) atoms. The maximum atomic E-state index is 12.1. The minimum absolute atomic E-state index is 0.248. The molecule has 0 atom stereocenters. The summed E-state index contributed by atoms with van der Waals surface area (Å²) in [5, 5.41) is 2.69. The molecule has 0 saturated carbocycles. The Labute approximate surface area is 119 Å². The van der Waals surface area contributed by atoms with Crippen molar-refractivity contribution in [3.8, 4) is 0 Å². The highest BCUT2D eigenvalue weighted by atomic mass is 79.9. The van der Waals surface area contributed by atoms with Crippen molar-refractivity contribution in [1.29, 1.82) is 0 Å². The third kappa shape index (κ3) is 3.31. The van der Waals surface area contributed by atoms with Crippen LogP contribution in [0.5, 0.6) is 0 Å². The second-order valence-corrected chi connectivity index (χ2v) is 4.84. The third-order valence-electron chi connectivity index (χ3n) is 2.48. The fraction of sp³-hybridized carbons (Fsp3) is 0.250. The molecule has 0 saturated heterocycles. The molecule has 0 aliphatic carbocycles. The average molecular weight is 324 g/mol. The highest BCUT2D eigenvalue weighted by molar-refractivity contribution is 9.10. The number of nitrogen functional groups attached to an aromatic ring is 1. The van der Waals surface area contributed by atoms with E-state index in [2.05, 4.69) is 31.2 Å². The highest BCUT2D eigenvalue weighted by Gasteiger charge is 2.13. The first kappa shape index (κ1) is 13.5. The van der Waals surface area contributed by atoms with Crippen LogP contribution in [0, 0.1) is 0 Å². The number of carbonyl (C=O) groups excluding carboxylic acids is 1. The molecule has 2 heterocycles. The number of aromatic nitrogens is 3. The van der Waals surface area contributed by atoms with Gasteiger partial charge in [-0.3, -0.25) is 4.79 Å². The van der Waals surface area contributed by atoms with Gasteiger partial charge in [0.25, 0.3) is 5.91 Å². The number of hydrogen-bond donors (Lipinski definition) is 2. The summed E-state index contributed by atoms with van der Waals surface area (Å²) in [6.07, 6.45) is 5.69. The Bertz CT molecular complexity index is 578. The number of rotatable bonds is 4. The zero-order valence-electron chi connectivity index (χ0n) is 10.4. The van der Waals surface area contributed by atoms with E-state index >= 15 is 0 Å². The number of halogens is 1. The van der Waals surface area contributed by atoms with E-state index in [0.717, 1.165) is 13.0 Å². The molecular formula is C12H14BrN5O. The summed E-state index contributed by atoms with van der Waals surface area (Å²) in [4.78, 5) is 20.2. The molecule has 2 rings (SSSR count). The van der Waals surface area contributed by atoms with Crippen molar-refractivity contribution in [1.82, 2.24) is 14.5 Å². The van der Waals surface area contributed by atoms with Crippen LogP contribution in [-0.4, -0.2) is 20.4 Å². The van der Waals surface area contributed by atoms with Gasteiger partial charge in [0.2, 0.25) is 0 Å². The summed E-state index contributed by atoms with van der Waals surface area (Å²) in [6, 6.07) is 1.65. The predicted molar refractivity (Wildman–Crippen MR) is 76.8 cm³/mol. The number of carbonyl (C=O) groups is 1. The van der Waals surface area contributed by atoms with Gasteiger partial charge in [0.15, 0.2) is 5.82 Å². The zero-order valence-corrected chi connectivity index (χ0v) is 12.0. The molecule has 0 unspecified atom stereocenters. The van der Waals surface area contributed by atoms with E-state index in [-0.39, 0.29) is 5.91 Å². The van der Waals surface area contributed by atoms with E-state index in [1.807, 2.05) is 11.5 Å². The van der Waals surface area contributed by atoms with Gasteiger partial charge < -0.3 is 15.6 Å². The van der Waals surface area contributed by atoms with Gasteiger partial charge >= 0.3 is 0 Å². The van der Waals surface area contributed by atoms with Crippen LogP contribution in [0.4, 0.5) is 11.5 Å². The largest absolute Gasteiger partial charge is 0.397 e. The summed E-state index contributed by atoms with van der Waals surface area (Å²) in [7, 11) is 0. The molecule has 0 spiro atoms. The molecule has 100 valence electrons. The van der Waals surface area contributed by atoms with Crippen LogP contribution in [-0.2, 0) is 6.54 Å².